The summed E-state index contributed by atoms with van der Waals surface area (Å²) in [5.41, 5.74) is 3.44. The summed E-state index contributed by atoms with van der Waals surface area (Å²) in [5, 5.41) is 12.4. The molecule has 0 spiro atoms. The van der Waals surface area contributed by atoms with Crippen LogP contribution in [0.15, 0.2) is 66.9 Å². The van der Waals surface area contributed by atoms with E-state index >= 15 is 0 Å². The molecule has 0 aliphatic rings. The number of fused-ring (bicyclic) bond motifs is 2. The Bertz CT molecular complexity index is 1200. The highest BCUT2D eigenvalue weighted by molar-refractivity contribution is 6.31. The molecule has 4 nitrogen and oxygen atoms in total. The number of anilines is 2. The van der Waals surface area contributed by atoms with E-state index in [4.69, 9.17) is 23.2 Å². The summed E-state index contributed by atoms with van der Waals surface area (Å²) in [6, 6.07) is 20.6. The lowest BCUT2D eigenvalue weighted by Gasteiger charge is -2.16. The van der Waals surface area contributed by atoms with Gasteiger partial charge in [-0.15, -0.1) is 12.4 Å². The minimum absolute atomic E-state index is 0. The van der Waals surface area contributed by atoms with Gasteiger partial charge in [-0.3, -0.25) is 0 Å². The van der Waals surface area contributed by atoms with Crippen LogP contribution in [0.5, 0.6) is 0 Å². The summed E-state index contributed by atoms with van der Waals surface area (Å²) in [5.74, 6) is 0. The van der Waals surface area contributed by atoms with Crippen molar-refractivity contribution in [2.45, 2.75) is 51.4 Å². The van der Waals surface area contributed by atoms with Gasteiger partial charge in [0.2, 0.25) is 5.52 Å². The van der Waals surface area contributed by atoms with Crippen molar-refractivity contribution >= 4 is 68.7 Å². The molecule has 0 saturated heterocycles. The van der Waals surface area contributed by atoms with Crippen LogP contribution >= 0.6 is 35.6 Å². The molecular weight excluding hydrogens is 582 g/mol. The molecule has 40 heavy (non-hydrogen) atoms. The Kier molecular flexibility index (Phi) is 15.8. The SMILES string of the molecule is CN(CCCCCCNc1cccc2cc(Cl)ccc12)CCCCCCNc1cc[nH+]c2cc(Cl)ccc12.Cl.[Cl-]. The zero-order chi connectivity index (χ0) is 26.6. The van der Waals surface area contributed by atoms with Gasteiger partial charge in [-0.1, -0.05) is 67.1 Å². The molecule has 0 aliphatic heterocycles. The van der Waals surface area contributed by atoms with Crippen molar-refractivity contribution in [2.24, 2.45) is 0 Å². The van der Waals surface area contributed by atoms with E-state index < -0.39 is 0 Å². The molecule has 4 aromatic rings. The van der Waals surface area contributed by atoms with E-state index in [1.165, 1.54) is 92.0 Å². The van der Waals surface area contributed by atoms with Gasteiger partial charge < -0.3 is 27.9 Å². The van der Waals surface area contributed by atoms with E-state index in [1.54, 1.807) is 0 Å². The number of benzene rings is 3. The molecule has 3 N–H and O–H groups in total. The van der Waals surface area contributed by atoms with Gasteiger partial charge in [0.25, 0.3) is 0 Å². The summed E-state index contributed by atoms with van der Waals surface area (Å²) in [6.45, 7) is 4.40. The van der Waals surface area contributed by atoms with Crippen molar-refractivity contribution in [1.29, 1.82) is 0 Å². The van der Waals surface area contributed by atoms with Gasteiger partial charge in [0.1, 0.15) is 0 Å². The molecule has 218 valence electrons. The second-order valence-corrected chi connectivity index (χ2v) is 11.1. The fraction of sp³-hybridized carbons (Fsp3) is 0.406. The lowest BCUT2D eigenvalue weighted by atomic mass is 10.1. The summed E-state index contributed by atoms with van der Waals surface area (Å²) in [6.07, 6.45) is 12.0. The van der Waals surface area contributed by atoms with Gasteiger partial charge in [-0.25, -0.2) is 4.98 Å². The van der Waals surface area contributed by atoms with Crippen LogP contribution < -0.4 is 28.0 Å². The Morgan fingerprint density at radius 1 is 0.675 bits per heavy atom. The molecule has 0 aliphatic carbocycles. The third kappa shape index (κ3) is 10.8. The zero-order valence-corrected chi connectivity index (χ0v) is 26.4. The van der Waals surface area contributed by atoms with Crippen LogP contribution in [-0.2, 0) is 0 Å². The van der Waals surface area contributed by atoms with Gasteiger partial charge in [-0.2, -0.15) is 0 Å². The fourth-order valence-corrected chi connectivity index (χ4v) is 5.37. The molecule has 3 aromatic carbocycles. The number of hydrogen-bond donors (Lipinski definition) is 2. The summed E-state index contributed by atoms with van der Waals surface area (Å²) in [4.78, 5) is 5.76. The monoisotopic (exact) mass is 622 g/mol. The first-order valence-corrected chi connectivity index (χ1v) is 14.8. The average Bonchev–Trinajstić information content (AvgIpc) is 2.91. The topological polar surface area (TPSA) is 41.4 Å². The number of aromatic amines is 1. The molecule has 0 amide bonds. The number of nitrogens with zero attached hydrogens (tertiary/aromatic N) is 1. The first-order valence-electron chi connectivity index (χ1n) is 14.0. The quantitative estimate of drug-likeness (QED) is 0.148. The van der Waals surface area contributed by atoms with Crippen LogP contribution in [0.25, 0.3) is 21.7 Å². The lowest BCUT2D eigenvalue weighted by Crippen LogP contribution is -3.00. The van der Waals surface area contributed by atoms with Gasteiger partial charge >= 0.3 is 0 Å². The van der Waals surface area contributed by atoms with Crippen molar-refractivity contribution in [3.8, 4) is 0 Å². The predicted octanol–water partition coefficient (Wildman–Crippen LogP) is 6.12. The third-order valence-electron chi connectivity index (χ3n) is 7.17. The lowest BCUT2D eigenvalue weighted by molar-refractivity contribution is -0.344. The molecule has 1 aromatic heterocycles. The normalized spacial score (nSPS) is 10.9. The van der Waals surface area contributed by atoms with Gasteiger partial charge in [0.15, 0.2) is 6.20 Å². The molecule has 0 radical (unpaired) electrons. The van der Waals surface area contributed by atoms with Crippen molar-refractivity contribution in [1.82, 2.24) is 4.90 Å². The summed E-state index contributed by atoms with van der Waals surface area (Å²) < 4.78 is 0. The van der Waals surface area contributed by atoms with Crippen LogP contribution in [0.4, 0.5) is 11.4 Å². The largest absolute Gasteiger partial charge is 1.00 e. The first-order chi connectivity index (χ1) is 18.6. The second-order valence-electron chi connectivity index (χ2n) is 10.2. The van der Waals surface area contributed by atoms with E-state index in [0.717, 1.165) is 28.7 Å². The number of aromatic nitrogens is 1. The van der Waals surface area contributed by atoms with Crippen molar-refractivity contribution in [3.05, 3.63) is 76.9 Å². The third-order valence-corrected chi connectivity index (χ3v) is 7.64. The Hall–Kier alpha value is -1.95. The number of H-pyrrole nitrogens is 1. The fourth-order valence-electron chi connectivity index (χ4n) is 5.02. The molecule has 0 saturated carbocycles. The van der Waals surface area contributed by atoms with Crippen LogP contribution in [0.3, 0.4) is 0 Å². The molecule has 1 heterocycles. The Balaban J connectivity index is 0.00000280. The maximum absolute atomic E-state index is 6.13. The predicted molar refractivity (Wildman–Crippen MR) is 173 cm³/mol. The van der Waals surface area contributed by atoms with E-state index in [2.05, 4.69) is 64.0 Å². The minimum Gasteiger partial charge on any atom is -1.00 e. The molecule has 4 rings (SSSR count). The zero-order valence-electron chi connectivity index (χ0n) is 23.3. The van der Waals surface area contributed by atoms with E-state index in [9.17, 15) is 0 Å². The standard InChI is InChI=1S/C32H40Cl2N4.2ClH/c1-38(21-8-4-2-6-18-35-30-12-10-11-25-23-26(33)13-15-28(25)30)22-9-5-3-7-19-36-31-17-20-37-32-24-27(34)14-16-29(31)32;;/h10-17,20,23-24,35H,2-9,18-19,21-22H2,1H3,(H,36,37);2*1H. The summed E-state index contributed by atoms with van der Waals surface area (Å²) in [7, 11) is 2.26. The smallest absolute Gasteiger partial charge is 0.214 e. The average molecular weight is 625 g/mol. The molecular formula is C32H42Cl4N4. The van der Waals surface area contributed by atoms with E-state index in [0.29, 0.717) is 0 Å². The van der Waals surface area contributed by atoms with Crippen LogP contribution in [0.2, 0.25) is 10.0 Å². The molecule has 0 atom stereocenters. The maximum atomic E-state index is 6.13. The van der Waals surface area contributed by atoms with Gasteiger partial charge in [0, 0.05) is 46.3 Å². The van der Waals surface area contributed by atoms with E-state index in [-0.39, 0.29) is 24.8 Å². The molecule has 0 bridgehead atoms. The highest BCUT2D eigenvalue weighted by atomic mass is 35.5. The Labute approximate surface area is 262 Å². The van der Waals surface area contributed by atoms with Gasteiger partial charge in [-0.05, 0) is 81.5 Å². The molecule has 0 fully saturated rings. The van der Waals surface area contributed by atoms with Crippen LogP contribution in [0, 0.1) is 0 Å². The Morgan fingerprint density at radius 3 is 1.93 bits per heavy atom. The highest BCUT2D eigenvalue weighted by Gasteiger charge is 2.07. The van der Waals surface area contributed by atoms with Crippen LogP contribution in [-0.4, -0.2) is 38.1 Å². The highest BCUT2D eigenvalue weighted by Crippen LogP contribution is 2.26. The first kappa shape index (κ1) is 34.3. The van der Waals surface area contributed by atoms with Crippen molar-refractivity contribution in [2.75, 3.05) is 43.9 Å². The van der Waals surface area contributed by atoms with Crippen LogP contribution in [0.1, 0.15) is 51.4 Å². The molecule has 8 heteroatoms. The second kappa shape index (κ2) is 18.5. The molecule has 0 unspecified atom stereocenters. The van der Waals surface area contributed by atoms with Gasteiger partial charge in [0.05, 0.1) is 11.1 Å². The Morgan fingerprint density at radius 2 is 1.25 bits per heavy atom. The number of halogens is 4. The maximum Gasteiger partial charge on any atom is 0.214 e. The minimum atomic E-state index is 0. The number of unbranched alkanes of at least 4 members (excludes halogenated alkanes) is 6. The summed E-state index contributed by atoms with van der Waals surface area (Å²) >= 11 is 12.2. The number of pyridine rings is 1. The van der Waals surface area contributed by atoms with Crippen molar-refractivity contribution in [3.63, 3.8) is 0 Å². The van der Waals surface area contributed by atoms with E-state index in [1.807, 2.05) is 30.5 Å². The number of hydrogen-bond acceptors (Lipinski definition) is 3. The number of nitrogens with one attached hydrogen (secondary N) is 3. The number of rotatable bonds is 16. The van der Waals surface area contributed by atoms with Crippen molar-refractivity contribution < 1.29 is 17.4 Å².